The molecular formula is C68H128O6. The van der Waals surface area contributed by atoms with Crippen LogP contribution in [0.25, 0.3) is 0 Å². The van der Waals surface area contributed by atoms with Crippen LogP contribution in [0, 0.1) is 0 Å². The number of carbonyl (C=O) groups excluding carboxylic acids is 3. The largest absolute Gasteiger partial charge is 0.462 e. The van der Waals surface area contributed by atoms with Crippen molar-refractivity contribution >= 4 is 17.9 Å². The first-order valence-corrected chi connectivity index (χ1v) is 33.3. The van der Waals surface area contributed by atoms with Crippen LogP contribution >= 0.6 is 0 Å². The number of ether oxygens (including phenoxy) is 3. The normalized spacial score (nSPS) is 12.1. The number of hydrogen-bond acceptors (Lipinski definition) is 6. The van der Waals surface area contributed by atoms with Gasteiger partial charge in [-0.1, -0.05) is 328 Å². The molecule has 1 unspecified atom stereocenters. The van der Waals surface area contributed by atoms with E-state index in [4.69, 9.17) is 14.2 Å². The SMILES string of the molecule is CCCCCCC/C=C\C/C=C\CCCCCCCCCCCCCCCCCC(=O)OCC(COC(=O)CCCCCCCCCC)OC(=O)CCCCCCCCCCCCCCCCCCCCCCC. The molecule has 6 nitrogen and oxygen atoms in total. The molecule has 0 aliphatic rings. The predicted octanol–water partition coefficient (Wildman–Crippen LogP) is 22.6. The van der Waals surface area contributed by atoms with E-state index in [1.807, 2.05) is 0 Å². The lowest BCUT2D eigenvalue weighted by atomic mass is 10.0. The Morgan fingerprint density at radius 1 is 0.270 bits per heavy atom. The highest BCUT2D eigenvalue weighted by molar-refractivity contribution is 5.71. The van der Waals surface area contributed by atoms with Gasteiger partial charge in [-0.25, -0.2) is 0 Å². The van der Waals surface area contributed by atoms with Gasteiger partial charge >= 0.3 is 17.9 Å². The molecule has 0 aliphatic carbocycles. The van der Waals surface area contributed by atoms with Crippen LogP contribution in [0.4, 0.5) is 0 Å². The summed E-state index contributed by atoms with van der Waals surface area (Å²) in [7, 11) is 0. The molecule has 0 aromatic rings. The number of hydrogen-bond donors (Lipinski definition) is 0. The van der Waals surface area contributed by atoms with Gasteiger partial charge in [-0.05, 0) is 51.4 Å². The van der Waals surface area contributed by atoms with Crippen molar-refractivity contribution in [3.05, 3.63) is 24.3 Å². The molecule has 0 fully saturated rings. The number of carbonyl (C=O) groups is 3. The fraction of sp³-hybridized carbons (Fsp3) is 0.897. The molecule has 0 spiro atoms. The molecule has 1 atom stereocenters. The third-order valence-corrected chi connectivity index (χ3v) is 15.2. The zero-order valence-electron chi connectivity index (χ0n) is 50.1. The molecule has 0 aromatic carbocycles. The van der Waals surface area contributed by atoms with Crippen LogP contribution in [0.2, 0.25) is 0 Å². The minimum atomic E-state index is -0.765. The van der Waals surface area contributed by atoms with Gasteiger partial charge < -0.3 is 14.2 Å². The highest BCUT2D eigenvalue weighted by Gasteiger charge is 2.19. The van der Waals surface area contributed by atoms with Gasteiger partial charge in [0.25, 0.3) is 0 Å². The van der Waals surface area contributed by atoms with Crippen molar-refractivity contribution in [2.24, 2.45) is 0 Å². The van der Waals surface area contributed by atoms with Crippen LogP contribution in [-0.2, 0) is 28.6 Å². The van der Waals surface area contributed by atoms with Gasteiger partial charge in [0, 0.05) is 19.3 Å². The Hall–Kier alpha value is -2.11. The topological polar surface area (TPSA) is 78.9 Å². The fourth-order valence-electron chi connectivity index (χ4n) is 10.2. The first-order chi connectivity index (χ1) is 36.5. The number of esters is 3. The molecule has 0 aromatic heterocycles. The van der Waals surface area contributed by atoms with Crippen molar-refractivity contribution in [2.45, 2.75) is 380 Å². The summed E-state index contributed by atoms with van der Waals surface area (Å²) in [6, 6.07) is 0. The Kier molecular flexibility index (Phi) is 61.6. The number of rotatable bonds is 62. The Morgan fingerprint density at radius 3 is 0.743 bits per heavy atom. The smallest absolute Gasteiger partial charge is 0.306 e. The molecule has 0 heterocycles. The third kappa shape index (κ3) is 60.8. The fourth-order valence-corrected chi connectivity index (χ4v) is 10.2. The molecule has 0 N–H and O–H groups in total. The molecule has 436 valence electrons. The minimum absolute atomic E-state index is 0.0649. The highest BCUT2D eigenvalue weighted by atomic mass is 16.6. The van der Waals surface area contributed by atoms with E-state index in [0.717, 1.165) is 64.2 Å². The van der Waals surface area contributed by atoms with Gasteiger partial charge in [0.2, 0.25) is 0 Å². The second kappa shape index (κ2) is 63.4. The first kappa shape index (κ1) is 71.9. The molecule has 0 aliphatic heterocycles. The van der Waals surface area contributed by atoms with E-state index in [2.05, 4.69) is 45.1 Å². The van der Waals surface area contributed by atoms with Crippen LogP contribution in [-0.4, -0.2) is 37.2 Å². The lowest BCUT2D eigenvalue weighted by Crippen LogP contribution is -2.30. The third-order valence-electron chi connectivity index (χ3n) is 15.2. The van der Waals surface area contributed by atoms with Gasteiger partial charge in [0.15, 0.2) is 6.10 Å². The Labute approximate surface area is 462 Å². The molecule has 0 rings (SSSR count). The Morgan fingerprint density at radius 2 is 0.486 bits per heavy atom. The summed E-state index contributed by atoms with van der Waals surface area (Å²) in [5.74, 6) is -0.842. The van der Waals surface area contributed by atoms with E-state index >= 15 is 0 Å². The van der Waals surface area contributed by atoms with Crippen LogP contribution in [0.1, 0.15) is 374 Å². The summed E-state index contributed by atoms with van der Waals surface area (Å²) < 4.78 is 16.9. The van der Waals surface area contributed by atoms with Crippen molar-refractivity contribution in [1.29, 1.82) is 0 Å². The van der Waals surface area contributed by atoms with Gasteiger partial charge in [0.05, 0.1) is 0 Å². The second-order valence-electron chi connectivity index (χ2n) is 22.7. The molecule has 74 heavy (non-hydrogen) atoms. The summed E-state index contributed by atoms with van der Waals surface area (Å²) in [5, 5.41) is 0. The quantitative estimate of drug-likeness (QED) is 0.0261. The molecule has 0 radical (unpaired) electrons. The minimum Gasteiger partial charge on any atom is -0.462 e. The lowest BCUT2D eigenvalue weighted by molar-refractivity contribution is -0.167. The number of unbranched alkanes of at least 4 members (excludes halogenated alkanes) is 47. The van der Waals surface area contributed by atoms with Crippen LogP contribution < -0.4 is 0 Å². The standard InChI is InChI=1S/C68H128O6/c1-4-7-10-13-16-19-21-23-25-27-29-31-32-33-34-35-36-38-39-41-43-45-47-49-52-55-58-61-67(70)73-64-65(63-72-66(69)60-57-54-51-18-15-12-9-6-3)74-68(71)62-59-56-53-50-48-46-44-42-40-37-30-28-26-24-22-20-17-14-11-8-5-2/h21,23,27,29,65H,4-20,22,24-26,28,30-64H2,1-3H3/b23-21-,29-27-. The lowest BCUT2D eigenvalue weighted by Gasteiger charge is -2.18. The monoisotopic (exact) mass is 1040 g/mol. The average molecular weight is 1040 g/mol. The van der Waals surface area contributed by atoms with E-state index < -0.39 is 6.10 Å². The molecule has 0 saturated heterocycles. The van der Waals surface area contributed by atoms with Crippen LogP contribution in [0.3, 0.4) is 0 Å². The van der Waals surface area contributed by atoms with Crippen LogP contribution in [0.15, 0.2) is 24.3 Å². The van der Waals surface area contributed by atoms with Crippen molar-refractivity contribution in [2.75, 3.05) is 13.2 Å². The van der Waals surface area contributed by atoms with Gasteiger partial charge in [-0.3, -0.25) is 14.4 Å². The summed E-state index contributed by atoms with van der Waals surface area (Å²) in [4.78, 5) is 38.2. The molecule has 0 amide bonds. The van der Waals surface area contributed by atoms with Crippen molar-refractivity contribution in [3.63, 3.8) is 0 Å². The Balaban J connectivity index is 4.08. The molecule has 6 heteroatoms. The predicted molar refractivity (Wildman–Crippen MR) is 321 cm³/mol. The van der Waals surface area contributed by atoms with E-state index in [9.17, 15) is 14.4 Å². The maximum atomic E-state index is 12.9. The first-order valence-electron chi connectivity index (χ1n) is 33.3. The molecule has 0 saturated carbocycles. The van der Waals surface area contributed by atoms with Crippen molar-refractivity contribution < 1.29 is 28.6 Å². The van der Waals surface area contributed by atoms with E-state index in [-0.39, 0.29) is 31.1 Å². The van der Waals surface area contributed by atoms with E-state index in [1.54, 1.807) is 0 Å². The van der Waals surface area contributed by atoms with Gasteiger partial charge in [0.1, 0.15) is 13.2 Å². The zero-order chi connectivity index (χ0) is 53.6. The molecule has 0 bridgehead atoms. The summed E-state index contributed by atoms with van der Waals surface area (Å²) in [5.41, 5.74) is 0. The average Bonchev–Trinajstić information content (AvgIpc) is 3.40. The highest BCUT2D eigenvalue weighted by Crippen LogP contribution is 2.18. The van der Waals surface area contributed by atoms with Gasteiger partial charge in [-0.15, -0.1) is 0 Å². The maximum Gasteiger partial charge on any atom is 0.306 e. The Bertz CT molecular complexity index is 1190. The van der Waals surface area contributed by atoms with Crippen LogP contribution in [0.5, 0.6) is 0 Å². The van der Waals surface area contributed by atoms with E-state index in [0.29, 0.717) is 19.3 Å². The second-order valence-corrected chi connectivity index (χ2v) is 22.7. The van der Waals surface area contributed by atoms with Gasteiger partial charge in [-0.2, -0.15) is 0 Å². The molecular weight excluding hydrogens is 913 g/mol. The number of allylic oxidation sites excluding steroid dienone is 4. The summed E-state index contributed by atoms with van der Waals surface area (Å²) in [6.07, 6.45) is 76.4. The summed E-state index contributed by atoms with van der Waals surface area (Å²) in [6.45, 7) is 6.67. The van der Waals surface area contributed by atoms with E-state index in [1.165, 1.54) is 270 Å². The van der Waals surface area contributed by atoms with Crippen molar-refractivity contribution in [3.8, 4) is 0 Å². The summed E-state index contributed by atoms with van der Waals surface area (Å²) >= 11 is 0. The maximum absolute atomic E-state index is 12.9. The van der Waals surface area contributed by atoms with Crippen molar-refractivity contribution in [1.82, 2.24) is 0 Å². The zero-order valence-corrected chi connectivity index (χ0v) is 50.1.